The van der Waals surface area contributed by atoms with E-state index in [4.69, 9.17) is 15.2 Å². The maximum atomic E-state index is 5.90. The largest absolute Gasteiger partial charge is 0.494 e. The second-order valence-electron chi connectivity index (χ2n) is 6.69. The molecule has 2 aromatic rings. The van der Waals surface area contributed by atoms with Gasteiger partial charge in [-0.1, -0.05) is 19.1 Å². The molecule has 140 valence electrons. The predicted octanol–water partition coefficient (Wildman–Crippen LogP) is 3.03. The minimum Gasteiger partial charge on any atom is -0.494 e. The highest BCUT2D eigenvalue weighted by Crippen LogP contribution is 2.26. The van der Waals surface area contributed by atoms with Crippen LogP contribution in [0, 0.1) is 0 Å². The third kappa shape index (κ3) is 4.85. The van der Waals surface area contributed by atoms with Crippen molar-refractivity contribution in [2.24, 2.45) is 0 Å². The Morgan fingerprint density at radius 2 is 2.08 bits per heavy atom. The Balaban J connectivity index is 1.50. The summed E-state index contributed by atoms with van der Waals surface area (Å²) < 4.78 is 11.3. The molecule has 1 atom stereocenters. The van der Waals surface area contributed by atoms with Crippen LogP contribution >= 0.6 is 0 Å². The van der Waals surface area contributed by atoms with Gasteiger partial charge in [-0.15, -0.1) is 0 Å². The molecule has 0 amide bonds. The molecule has 1 aliphatic heterocycles. The van der Waals surface area contributed by atoms with Crippen molar-refractivity contribution in [1.29, 1.82) is 0 Å². The first kappa shape index (κ1) is 18.5. The normalized spacial score (nSPS) is 16.6. The van der Waals surface area contributed by atoms with Crippen molar-refractivity contribution in [2.75, 3.05) is 44.0 Å². The quantitative estimate of drug-likeness (QED) is 0.733. The molecule has 0 saturated carbocycles. The molecule has 1 fully saturated rings. The number of hydrogen-bond donors (Lipinski definition) is 1. The van der Waals surface area contributed by atoms with Gasteiger partial charge in [0.25, 0.3) is 0 Å². The van der Waals surface area contributed by atoms with Gasteiger partial charge in [0.1, 0.15) is 11.6 Å². The standard InChI is InChI=1S/C20H28N4O2/c1-3-15-5-7-17(8-6-15)26-11-4-10-24(2)19-13-18(22-20(21)23-19)16-9-12-25-14-16/h5-8,13,16H,3-4,9-12,14H2,1-2H3,(H2,21,22,23)/t16-/m1/s1. The third-order valence-corrected chi connectivity index (χ3v) is 4.73. The Bertz CT molecular complexity index is 699. The van der Waals surface area contributed by atoms with Crippen LogP contribution in [0.15, 0.2) is 30.3 Å². The molecule has 1 aromatic carbocycles. The molecule has 2 heterocycles. The van der Waals surface area contributed by atoms with Gasteiger partial charge in [0.15, 0.2) is 0 Å². The summed E-state index contributed by atoms with van der Waals surface area (Å²) in [6.45, 7) is 5.15. The number of nitrogen functional groups attached to an aromatic ring is 1. The van der Waals surface area contributed by atoms with Crippen LogP contribution in [0.25, 0.3) is 0 Å². The van der Waals surface area contributed by atoms with E-state index in [1.807, 2.05) is 25.2 Å². The van der Waals surface area contributed by atoms with Crippen LogP contribution in [-0.2, 0) is 11.2 Å². The average molecular weight is 356 g/mol. The second-order valence-corrected chi connectivity index (χ2v) is 6.69. The fraction of sp³-hybridized carbons (Fsp3) is 0.500. The van der Waals surface area contributed by atoms with Crippen LogP contribution < -0.4 is 15.4 Å². The monoisotopic (exact) mass is 356 g/mol. The molecule has 3 rings (SSSR count). The first-order chi connectivity index (χ1) is 12.7. The van der Waals surface area contributed by atoms with Crippen molar-refractivity contribution >= 4 is 11.8 Å². The molecule has 0 bridgehead atoms. The van der Waals surface area contributed by atoms with E-state index in [0.29, 0.717) is 25.1 Å². The Morgan fingerprint density at radius 1 is 1.27 bits per heavy atom. The minimum absolute atomic E-state index is 0.321. The molecular weight excluding hydrogens is 328 g/mol. The summed E-state index contributed by atoms with van der Waals surface area (Å²) in [7, 11) is 2.02. The van der Waals surface area contributed by atoms with Gasteiger partial charge in [-0.2, -0.15) is 4.98 Å². The molecule has 1 aromatic heterocycles. The number of nitrogens with zero attached hydrogens (tertiary/aromatic N) is 3. The molecule has 0 radical (unpaired) electrons. The van der Waals surface area contributed by atoms with Gasteiger partial charge in [-0.25, -0.2) is 4.98 Å². The van der Waals surface area contributed by atoms with E-state index in [0.717, 1.165) is 49.7 Å². The molecule has 2 N–H and O–H groups in total. The first-order valence-corrected chi connectivity index (χ1v) is 9.30. The number of anilines is 2. The van der Waals surface area contributed by atoms with Crippen molar-refractivity contribution in [3.05, 3.63) is 41.6 Å². The number of aromatic nitrogens is 2. The van der Waals surface area contributed by atoms with E-state index >= 15 is 0 Å². The molecule has 6 nitrogen and oxygen atoms in total. The van der Waals surface area contributed by atoms with Crippen molar-refractivity contribution in [3.63, 3.8) is 0 Å². The molecule has 1 aliphatic rings. The molecule has 1 saturated heterocycles. The Kier molecular flexibility index (Phi) is 6.28. The van der Waals surface area contributed by atoms with E-state index in [2.05, 4.69) is 33.9 Å². The lowest BCUT2D eigenvalue weighted by Crippen LogP contribution is -2.22. The Morgan fingerprint density at radius 3 is 2.77 bits per heavy atom. The summed E-state index contributed by atoms with van der Waals surface area (Å²) in [6.07, 6.45) is 2.93. The van der Waals surface area contributed by atoms with Crippen LogP contribution in [-0.4, -0.2) is 43.4 Å². The average Bonchev–Trinajstić information content (AvgIpc) is 3.20. The van der Waals surface area contributed by atoms with Crippen LogP contribution in [0.1, 0.15) is 36.9 Å². The summed E-state index contributed by atoms with van der Waals surface area (Å²) >= 11 is 0. The topological polar surface area (TPSA) is 73.5 Å². The SMILES string of the molecule is CCc1ccc(OCCCN(C)c2cc([C@@H]3CCOC3)nc(N)n2)cc1. The number of nitrogens with two attached hydrogens (primary N) is 1. The summed E-state index contributed by atoms with van der Waals surface area (Å²) in [4.78, 5) is 10.9. The van der Waals surface area contributed by atoms with Crippen molar-refractivity contribution < 1.29 is 9.47 Å². The predicted molar refractivity (Wildman–Crippen MR) is 104 cm³/mol. The van der Waals surface area contributed by atoms with Gasteiger partial charge in [-0.3, -0.25) is 0 Å². The van der Waals surface area contributed by atoms with E-state index in [-0.39, 0.29) is 0 Å². The zero-order chi connectivity index (χ0) is 18.4. The zero-order valence-corrected chi connectivity index (χ0v) is 15.6. The number of hydrogen-bond acceptors (Lipinski definition) is 6. The van der Waals surface area contributed by atoms with Crippen LogP contribution in [0.2, 0.25) is 0 Å². The highest BCUT2D eigenvalue weighted by Gasteiger charge is 2.21. The summed E-state index contributed by atoms with van der Waals surface area (Å²) in [6, 6.07) is 10.3. The fourth-order valence-corrected chi connectivity index (χ4v) is 3.07. The van der Waals surface area contributed by atoms with Crippen LogP contribution in [0.3, 0.4) is 0 Å². The summed E-state index contributed by atoms with van der Waals surface area (Å²) in [5, 5.41) is 0. The summed E-state index contributed by atoms with van der Waals surface area (Å²) in [5.41, 5.74) is 8.20. The Labute approximate surface area is 155 Å². The molecule has 0 spiro atoms. The fourth-order valence-electron chi connectivity index (χ4n) is 3.07. The number of aryl methyl sites for hydroxylation is 1. The first-order valence-electron chi connectivity index (χ1n) is 9.30. The highest BCUT2D eigenvalue weighted by atomic mass is 16.5. The number of rotatable bonds is 8. The van der Waals surface area contributed by atoms with Crippen molar-refractivity contribution in [2.45, 2.75) is 32.1 Å². The van der Waals surface area contributed by atoms with Gasteiger partial charge in [0.2, 0.25) is 5.95 Å². The lowest BCUT2D eigenvalue weighted by atomic mass is 10.0. The second kappa shape index (κ2) is 8.85. The summed E-state index contributed by atoms with van der Waals surface area (Å²) in [5.74, 6) is 2.41. The van der Waals surface area contributed by atoms with Gasteiger partial charge in [0.05, 0.1) is 18.9 Å². The van der Waals surface area contributed by atoms with E-state index in [9.17, 15) is 0 Å². The number of ether oxygens (including phenoxy) is 2. The zero-order valence-electron chi connectivity index (χ0n) is 15.6. The molecule has 6 heteroatoms. The van der Waals surface area contributed by atoms with Gasteiger partial charge < -0.3 is 20.1 Å². The highest BCUT2D eigenvalue weighted by molar-refractivity contribution is 5.43. The van der Waals surface area contributed by atoms with Gasteiger partial charge in [-0.05, 0) is 37.0 Å². The lowest BCUT2D eigenvalue weighted by molar-refractivity contribution is 0.193. The molecular formula is C20H28N4O2. The van der Waals surface area contributed by atoms with E-state index < -0.39 is 0 Å². The molecule has 0 unspecified atom stereocenters. The van der Waals surface area contributed by atoms with Crippen LogP contribution in [0.5, 0.6) is 5.75 Å². The third-order valence-electron chi connectivity index (χ3n) is 4.73. The van der Waals surface area contributed by atoms with Crippen LogP contribution in [0.4, 0.5) is 11.8 Å². The molecule has 26 heavy (non-hydrogen) atoms. The molecule has 0 aliphatic carbocycles. The van der Waals surface area contributed by atoms with E-state index in [1.165, 1.54) is 5.56 Å². The maximum Gasteiger partial charge on any atom is 0.222 e. The smallest absolute Gasteiger partial charge is 0.222 e. The minimum atomic E-state index is 0.321. The Hall–Kier alpha value is -2.34. The van der Waals surface area contributed by atoms with Gasteiger partial charge >= 0.3 is 0 Å². The van der Waals surface area contributed by atoms with Crippen molar-refractivity contribution in [1.82, 2.24) is 9.97 Å². The van der Waals surface area contributed by atoms with Gasteiger partial charge in [0, 0.05) is 32.2 Å². The maximum absolute atomic E-state index is 5.90. The van der Waals surface area contributed by atoms with Crippen molar-refractivity contribution in [3.8, 4) is 5.75 Å². The lowest BCUT2D eigenvalue weighted by Gasteiger charge is -2.20. The van der Waals surface area contributed by atoms with E-state index in [1.54, 1.807) is 0 Å². The number of benzene rings is 1.